The van der Waals surface area contributed by atoms with E-state index in [9.17, 15) is 14.7 Å². The summed E-state index contributed by atoms with van der Waals surface area (Å²) in [6.07, 6.45) is -0.0629. The summed E-state index contributed by atoms with van der Waals surface area (Å²) in [6.45, 7) is 7.43. The first-order chi connectivity index (χ1) is 9.30. The molecule has 2 aliphatic rings. The Bertz CT molecular complexity index is 398. The van der Waals surface area contributed by atoms with E-state index in [1.54, 1.807) is 4.90 Å². The van der Waals surface area contributed by atoms with Gasteiger partial charge < -0.3 is 24.4 Å². The van der Waals surface area contributed by atoms with Crippen LogP contribution in [-0.4, -0.2) is 77.5 Å². The predicted octanol–water partition coefficient (Wildman–Crippen LogP) is 0.391. The van der Waals surface area contributed by atoms with Crippen LogP contribution in [0.1, 0.15) is 20.8 Å². The van der Waals surface area contributed by atoms with E-state index in [0.29, 0.717) is 26.2 Å². The number of hydrogen-bond acceptors (Lipinski definition) is 4. The largest absolute Gasteiger partial charge is 0.480 e. The molecular formula is C13H22N2O5. The molecule has 2 saturated heterocycles. The van der Waals surface area contributed by atoms with Crippen LogP contribution in [0.4, 0.5) is 4.79 Å². The summed E-state index contributed by atoms with van der Waals surface area (Å²) >= 11 is 0. The van der Waals surface area contributed by atoms with Crippen molar-refractivity contribution in [3.63, 3.8) is 0 Å². The predicted molar refractivity (Wildman–Crippen MR) is 70.5 cm³/mol. The highest BCUT2D eigenvalue weighted by Gasteiger charge is 2.39. The lowest BCUT2D eigenvalue weighted by molar-refractivity contribution is -0.149. The summed E-state index contributed by atoms with van der Waals surface area (Å²) in [7, 11) is 0. The van der Waals surface area contributed by atoms with Crippen molar-refractivity contribution in [1.82, 2.24) is 9.80 Å². The van der Waals surface area contributed by atoms with Gasteiger partial charge in [0.15, 0.2) is 6.04 Å². The molecule has 2 heterocycles. The van der Waals surface area contributed by atoms with Crippen LogP contribution in [0.3, 0.4) is 0 Å². The second-order valence-electron chi connectivity index (χ2n) is 5.97. The average molecular weight is 286 g/mol. The SMILES string of the molecule is CC1CN(C(=O)N2CCOCC2C(=O)O)CC(C)(C)O1. The topological polar surface area (TPSA) is 79.3 Å². The minimum atomic E-state index is -1.03. The van der Waals surface area contributed by atoms with E-state index in [0.717, 1.165) is 0 Å². The number of carboxylic acid groups (broad SMARTS) is 1. The van der Waals surface area contributed by atoms with Crippen molar-refractivity contribution in [2.75, 3.05) is 32.8 Å². The second-order valence-corrected chi connectivity index (χ2v) is 5.97. The number of carbonyl (C=O) groups is 2. The minimum Gasteiger partial charge on any atom is -0.480 e. The van der Waals surface area contributed by atoms with Crippen molar-refractivity contribution < 1.29 is 24.2 Å². The third-order valence-corrected chi connectivity index (χ3v) is 3.50. The maximum Gasteiger partial charge on any atom is 0.328 e. The van der Waals surface area contributed by atoms with Crippen LogP contribution in [0.5, 0.6) is 0 Å². The van der Waals surface area contributed by atoms with Gasteiger partial charge in [-0.25, -0.2) is 9.59 Å². The molecule has 20 heavy (non-hydrogen) atoms. The Labute approximate surface area is 118 Å². The van der Waals surface area contributed by atoms with Crippen molar-refractivity contribution >= 4 is 12.0 Å². The Hall–Kier alpha value is -1.34. The third-order valence-electron chi connectivity index (χ3n) is 3.50. The van der Waals surface area contributed by atoms with Crippen LogP contribution in [0.2, 0.25) is 0 Å². The molecule has 7 nitrogen and oxygen atoms in total. The Kier molecular flexibility index (Phi) is 4.19. The molecule has 114 valence electrons. The Balaban J connectivity index is 2.10. The van der Waals surface area contributed by atoms with Crippen molar-refractivity contribution in [3.8, 4) is 0 Å². The van der Waals surface area contributed by atoms with Gasteiger partial charge in [0.25, 0.3) is 0 Å². The van der Waals surface area contributed by atoms with Crippen LogP contribution in [-0.2, 0) is 14.3 Å². The summed E-state index contributed by atoms with van der Waals surface area (Å²) < 4.78 is 10.9. The highest BCUT2D eigenvalue weighted by atomic mass is 16.5. The number of urea groups is 1. The lowest BCUT2D eigenvalue weighted by Gasteiger charge is -2.44. The zero-order valence-electron chi connectivity index (χ0n) is 12.2. The molecule has 0 aliphatic carbocycles. The Morgan fingerprint density at radius 2 is 2.05 bits per heavy atom. The van der Waals surface area contributed by atoms with E-state index in [4.69, 9.17) is 9.47 Å². The minimum absolute atomic E-state index is 0.0460. The molecule has 0 radical (unpaired) electrons. The van der Waals surface area contributed by atoms with Crippen molar-refractivity contribution in [3.05, 3.63) is 0 Å². The first kappa shape index (κ1) is 15.1. The first-order valence-electron chi connectivity index (χ1n) is 6.84. The molecule has 2 aliphatic heterocycles. The lowest BCUT2D eigenvalue weighted by Crippen LogP contribution is -2.61. The van der Waals surface area contributed by atoms with E-state index in [1.807, 2.05) is 20.8 Å². The quantitative estimate of drug-likeness (QED) is 0.754. The van der Waals surface area contributed by atoms with Gasteiger partial charge in [-0.3, -0.25) is 0 Å². The van der Waals surface area contributed by atoms with Gasteiger partial charge in [0.1, 0.15) is 0 Å². The first-order valence-corrected chi connectivity index (χ1v) is 6.84. The number of morpholine rings is 2. The van der Waals surface area contributed by atoms with E-state index >= 15 is 0 Å². The maximum atomic E-state index is 12.6. The lowest BCUT2D eigenvalue weighted by atomic mass is 10.1. The van der Waals surface area contributed by atoms with E-state index < -0.39 is 17.6 Å². The second kappa shape index (κ2) is 5.57. The van der Waals surface area contributed by atoms with Crippen LogP contribution in [0, 0.1) is 0 Å². The number of amides is 2. The fourth-order valence-electron chi connectivity index (χ4n) is 2.82. The van der Waals surface area contributed by atoms with Gasteiger partial charge in [-0.05, 0) is 20.8 Å². The molecule has 7 heteroatoms. The molecule has 0 spiro atoms. The smallest absolute Gasteiger partial charge is 0.328 e. The van der Waals surface area contributed by atoms with Crippen LogP contribution < -0.4 is 0 Å². The van der Waals surface area contributed by atoms with Gasteiger partial charge in [-0.15, -0.1) is 0 Å². The maximum absolute atomic E-state index is 12.6. The van der Waals surface area contributed by atoms with Gasteiger partial charge in [0, 0.05) is 13.1 Å². The molecule has 0 aromatic carbocycles. The molecule has 0 aromatic rings. The molecule has 0 saturated carbocycles. The fourth-order valence-corrected chi connectivity index (χ4v) is 2.82. The standard InChI is InChI=1S/C13H22N2O5/c1-9-6-14(8-13(2,3)20-9)12(18)15-4-5-19-7-10(15)11(16)17/h9-10H,4-8H2,1-3H3,(H,16,17). The summed E-state index contributed by atoms with van der Waals surface area (Å²) in [5.41, 5.74) is -0.418. The number of carbonyl (C=O) groups excluding carboxylic acids is 1. The number of ether oxygens (including phenoxy) is 2. The molecule has 1 N–H and O–H groups in total. The van der Waals surface area contributed by atoms with Gasteiger partial charge in [0.2, 0.25) is 0 Å². The van der Waals surface area contributed by atoms with E-state index in [1.165, 1.54) is 4.90 Å². The van der Waals surface area contributed by atoms with E-state index in [2.05, 4.69) is 0 Å². The van der Waals surface area contributed by atoms with Crippen LogP contribution in [0.25, 0.3) is 0 Å². The van der Waals surface area contributed by atoms with Crippen molar-refractivity contribution in [1.29, 1.82) is 0 Å². The van der Waals surface area contributed by atoms with Crippen molar-refractivity contribution in [2.24, 2.45) is 0 Å². The molecule has 0 aromatic heterocycles. The molecule has 2 fully saturated rings. The third kappa shape index (κ3) is 3.21. The Morgan fingerprint density at radius 3 is 2.65 bits per heavy atom. The summed E-state index contributed by atoms with van der Waals surface area (Å²) in [6, 6.07) is -1.15. The molecule has 2 unspecified atom stereocenters. The number of nitrogens with zero attached hydrogens (tertiary/aromatic N) is 2. The Morgan fingerprint density at radius 1 is 1.35 bits per heavy atom. The molecule has 2 amide bonds. The van der Waals surface area contributed by atoms with Crippen LogP contribution >= 0.6 is 0 Å². The van der Waals surface area contributed by atoms with Crippen molar-refractivity contribution in [2.45, 2.75) is 38.5 Å². The number of rotatable bonds is 1. The number of hydrogen-bond donors (Lipinski definition) is 1. The highest BCUT2D eigenvalue weighted by molar-refractivity contribution is 5.83. The molecule has 0 bridgehead atoms. The number of aliphatic carboxylic acids is 1. The molecular weight excluding hydrogens is 264 g/mol. The zero-order valence-corrected chi connectivity index (χ0v) is 12.2. The zero-order chi connectivity index (χ0) is 14.9. The summed E-state index contributed by atoms with van der Waals surface area (Å²) in [4.78, 5) is 26.9. The highest BCUT2D eigenvalue weighted by Crippen LogP contribution is 2.22. The summed E-state index contributed by atoms with van der Waals surface area (Å²) in [5, 5.41) is 9.19. The monoisotopic (exact) mass is 286 g/mol. The molecule has 2 atom stereocenters. The van der Waals surface area contributed by atoms with Gasteiger partial charge in [-0.1, -0.05) is 0 Å². The number of carboxylic acids is 1. The van der Waals surface area contributed by atoms with E-state index in [-0.39, 0.29) is 18.7 Å². The normalized spacial score (nSPS) is 30.1. The fraction of sp³-hybridized carbons (Fsp3) is 0.846. The summed E-state index contributed by atoms with van der Waals surface area (Å²) in [5.74, 6) is -1.03. The van der Waals surface area contributed by atoms with Gasteiger partial charge in [0.05, 0.1) is 31.5 Å². The van der Waals surface area contributed by atoms with Gasteiger partial charge in [-0.2, -0.15) is 0 Å². The molecule has 2 rings (SSSR count). The van der Waals surface area contributed by atoms with Gasteiger partial charge >= 0.3 is 12.0 Å². The van der Waals surface area contributed by atoms with Crippen LogP contribution in [0.15, 0.2) is 0 Å². The average Bonchev–Trinajstić information content (AvgIpc) is 2.35.